The third-order valence-corrected chi connectivity index (χ3v) is 15.4. The van der Waals surface area contributed by atoms with Gasteiger partial charge in [0.25, 0.3) is 0 Å². The van der Waals surface area contributed by atoms with Gasteiger partial charge in [-0.25, -0.2) is 0 Å². The van der Waals surface area contributed by atoms with E-state index in [4.69, 9.17) is 4.42 Å². The Hall–Kier alpha value is -9.96. The van der Waals surface area contributed by atoms with Crippen LogP contribution in [0.3, 0.4) is 0 Å². The molecule has 75 heavy (non-hydrogen) atoms. The van der Waals surface area contributed by atoms with Gasteiger partial charge in [-0.2, -0.15) is 0 Å². The Bertz CT molecular complexity index is 4670. The van der Waals surface area contributed by atoms with E-state index in [2.05, 4.69) is 289 Å². The topological polar surface area (TPSA) is 19.6 Å². The highest BCUT2D eigenvalue weighted by atomic mass is 16.3. The summed E-state index contributed by atoms with van der Waals surface area (Å²) in [5.74, 6) is 0. The third kappa shape index (κ3) is 6.83. The molecule has 0 saturated carbocycles. The standard InChI is InChI=1S/C72H46N2O/c1-3-21-47(22-4-1)51-25-15-18-36-67(51)73(50-40-44-69-66(46-50)58-32-12-11-30-56(58)60-33-16-19-37-68(60)74(69)48-23-5-2-6-24-48)49-39-41-59-55-29-10-8-27-53(55)52-26-7-9-28-54(52)57-31-13-14-35-62(57)71-63(65(59)45-49)42-43-64-61-34-17-20-38-70(61)75-72(64)71/h1-46H. The van der Waals surface area contributed by atoms with Crippen molar-refractivity contribution in [3.8, 4) is 33.4 Å². The first-order chi connectivity index (χ1) is 37.2. The van der Waals surface area contributed by atoms with E-state index in [0.29, 0.717) is 0 Å². The first kappa shape index (κ1) is 42.7. The van der Waals surface area contributed by atoms with Crippen LogP contribution in [0.4, 0.5) is 34.1 Å². The quantitative estimate of drug-likeness (QED) is 0.171. The highest BCUT2D eigenvalue weighted by Gasteiger charge is 2.28. The number of furan rings is 1. The fourth-order valence-electron chi connectivity index (χ4n) is 12.1. The fraction of sp³-hybridized carbons (Fsp3) is 0. The number of fused-ring (bicyclic) bond motifs is 19. The van der Waals surface area contributed by atoms with Crippen molar-refractivity contribution in [2.45, 2.75) is 0 Å². The first-order valence-electron chi connectivity index (χ1n) is 25.7. The molecule has 0 radical (unpaired) electrons. The number of para-hydroxylation sites is 4. The van der Waals surface area contributed by atoms with E-state index in [1.54, 1.807) is 0 Å². The van der Waals surface area contributed by atoms with Crippen molar-refractivity contribution in [2.75, 3.05) is 9.80 Å². The molecule has 15 rings (SSSR count). The second kappa shape index (κ2) is 17.4. The molecule has 0 spiro atoms. The molecule has 0 bridgehead atoms. The van der Waals surface area contributed by atoms with E-state index in [1.165, 1.54) is 38.2 Å². The van der Waals surface area contributed by atoms with Gasteiger partial charge in [-0.15, -0.1) is 0 Å². The monoisotopic (exact) mass is 954 g/mol. The van der Waals surface area contributed by atoms with Crippen LogP contribution >= 0.6 is 0 Å². The molecule has 0 atom stereocenters. The van der Waals surface area contributed by atoms with Gasteiger partial charge in [-0.05, 0) is 132 Å². The molecule has 1 aliphatic heterocycles. The molecule has 1 aromatic heterocycles. The molecule has 13 aromatic carbocycles. The maximum Gasteiger partial charge on any atom is 0.143 e. The number of hydrogen-bond donors (Lipinski definition) is 0. The normalized spacial score (nSPS) is 12.0. The van der Waals surface area contributed by atoms with Crippen molar-refractivity contribution in [3.05, 3.63) is 279 Å². The average Bonchev–Trinajstić information content (AvgIpc) is 3.83. The molecule has 0 unspecified atom stereocenters. The summed E-state index contributed by atoms with van der Waals surface area (Å²) in [5, 5.41) is 13.6. The summed E-state index contributed by atoms with van der Waals surface area (Å²) in [4.78, 5) is 4.90. The number of rotatable bonds is 5. The van der Waals surface area contributed by atoms with Crippen LogP contribution in [-0.4, -0.2) is 0 Å². The number of nitrogens with zero attached hydrogens (tertiary/aromatic N) is 2. The van der Waals surface area contributed by atoms with Gasteiger partial charge in [0.1, 0.15) is 11.2 Å². The maximum atomic E-state index is 7.07. The third-order valence-electron chi connectivity index (χ3n) is 15.4. The van der Waals surface area contributed by atoms with Gasteiger partial charge in [0.05, 0.1) is 17.1 Å². The van der Waals surface area contributed by atoms with E-state index in [0.717, 1.165) is 105 Å². The van der Waals surface area contributed by atoms with Crippen LogP contribution in [0.25, 0.3) is 109 Å². The van der Waals surface area contributed by atoms with Gasteiger partial charge in [0.2, 0.25) is 0 Å². The van der Waals surface area contributed by atoms with E-state index in [9.17, 15) is 0 Å². The van der Waals surface area contributed by atoms with Crippen molar-refractivity contribution < 1.29 is 4.42 Å². The van der Waals surface area contributed by atoms with Crippen molar-refractivity contribution in [1.29, 1.82) is 0 Å². The summed E-state index contributed by atoms with van der Waals surface area (Å²) in [6.45, 7) is 0. The van der Waals surface area contributed by atoms with Crippen LogP contribution in [0.2, 0.25) is 0 Å². The first-order valence-corrected chi connectivity index (χ1v) is 25.7. The Morgan fingerprint density at radius 1 is 0.280 bits per heavy atom. The minimum atomic E-state index is 0.873. The lowest BCUT2D eigenvalue weighted by Crippen LogP contribution is -2.13. The predicted molar refractivity (Wildman–Crippen MR) is 318 cm³/mol. The Morgan fingerprint density at radius 3 is 1.44 bits per heavy atom. The van der Waals surface area contributed by atoms with Gasteiger partial charge >= 0.3 is 0 Å². The van der Waals surface area contributed by atoms with Crippen LogP contribution < -0.4 is 9.80 Å². The second-order valence-electron chi connectivity index (χ2n) is 19.5. The van der Waals surface area contributed by atoms with Crippen LogP contribution in [0.1, 0.15) is 0 Å². The zero-order valence-corrected chi connectivity index (χ0v) is 40.9. The summed E-state index contributed by atoms with van der Waals surface area (Å²) in [6, 6.07) is 102. The van der Waals surface area contributed by atoms with Gasteiger partial charge in [0.15, 0.2) is 0 Å². The SMILES string of the molecule is c1ccc(-c2ccccc2N(c2ccc3c(c2)-c2ccccc2-c2ccccc2N3c2ccccc2)c2ccc3c4ccccc4c4ccccc4c4ccccc4c4c(ccc5c6ccccc6oc54)c3c2)cc1. The molecular formula is C72H46N2O. The zero-order chi connectivity index (χ0) is 49.4. The van der Waals surface area contributed by atoms with Crippen molar-refractivity contribution in [2.24, 2.45) is 0 Å². The fourth-order valence-corrected chi connectivity index (χ4v) is 12.1. The Kier molecular flexibility index (Phi) is 9.89. The zero-order valence-electron chi connectivity index (χ0n) is 40.9. The molecule has 3 nitrogen and oxygen atoms in total. The Balaban J connectivity index is 1.10. The van der Waals surface area contributed by atoms with Gasteiger partial charge < -0.3 is 14.2 Å². The molecule has 0 fully saturated rings. The van der Waals surface area contributed by atoms with Gasteiger partial charge in [0, 0.05) is 49.9 Å². The molecule has 350 valence electrons. The van der Waals surface area contributed by atoms with E-state index >= 15 is 0 Å². The summed E-state index contributed by atoms with van der Waals surface area (Å²) >= 11 is 0. The Labute approximate surface area is 434 Å². The van der Waals surface area contributed by atoms with Crippen LogP contribution in [-0.2, 0) is 0 Å². The minimum Gasteiger partial charge on any atom is -0.455 e. The highest BCUT2D eigenvalue weighted by Crippen LogP contribution is 2.53. The van der Waals surface area contributed by atoms with Gasteiger partial charge in [-0.1, -0.05) is 212 Å². The van der Waals surface area contributed by atoms with Crippen molar-refractivity contribution in [3.63, 3.8) is 0 Å². The summed E-state index contributed by atoms with van der Waals surface area (Å²) in [6.07, 6.45) is 0. The number of anilines is 6. The predicted octanol–water partition coefficient (Wildman–Crippen LogP) is 20.7. The molecule has 3 heteroatoms. The molecule has 14 aromatic rings. The van der Waals surface area contributed by atoms with Crippen LogP contribution in [0.5, 0.6) is 0 Å². The lowest BCUT2D eigenvalue weighted by atomic mass is 9.93. The average molecular weight is 955 g/mol. The van der Waals surface area contributed by atoms with Crippen molar-refractivity contribution in [1.82, 2.24) is 0 Å². The summed E-state index contributed by atoms with van der Waals surface area (Å²) < 4.78 is 7.07. The molecule has 1 aliphatic rings. The lowest BCUT2D eigenvalue weighted by molar-refractivity contribution is 0.673. The molecular weight excluding hydrogens is 909 g/mol. The van der Waals surface area contributed by atoms with Crippen LogP contribution in [0, 0.1) is 0 Å². The maximum absolute atomic E-state index is 7.07. The second-order valence-corrected chi connectivity index (χ2v) is 19.5. The van der Waals surface area contributed by atoms with E-state index in [1.807, 2.05) is 0 Å². The van der Waals surface area contributed by atoms with E-state index < -0.39 is 0 Å². The van der Waals surface area contributed by atoms with Gasteiger partial charge in [-0.3, -0.25) is 0 Å². The van der Waals surface area contributed by atoms with Crippen LogP contribution in [0.15, 0.2) is 283 Å². The molecule has 0 N–H and O–H groups in total. The minimum absolute atomic E-state index is 0.873. The number of benzene rings is 12. The highest BCUT2D eigenvalue weighted by molar-refractivity contribution is 6.31. The van der Waals surface area contributed by atoms with Crippen molar-refractivity contribution >= 4 is 110 Å². The molecule has 0 saturated heterocycles. The van der Waals surface area contributed by atoms with E-state index in [-0.39, 0.29) is 0 Å². The molecule has 2 heterocycles. The Morgan fingerprint density at radius 2 is 0.733 bits per heavy atom. The largest absolute Gasteiger partial charge is 0.455 e. The smallest absolute Gasteiger partial charge is 0.143 e. The summed E-state index contributed by atoms with van der Waals surface area (Å²) in [5.41, 5.74) is 15.2. The lowest BCUT2D eigenvalue weighted by Gasteiger charge is -2.31. The molecule has 0 aliphatic carbocycles. The molecule has 0 amide bonds. The summed E-state index contributed by atoms with van der Waals surface area (Å²) in [7, 11) is 0. The number of hydrogen-bond acceptors (Lipinski definition) is 3.